The minimum absolute atomic E-state index is 0.0421. The fourth-order valence-corrected chi connectivity index (χ4v) is 8.69. The van der Waals surface area contributed by atoms with Crippen LogP contribution in [0.15, 0.2) is 23.8 Å². The lowest BCUT2D eigenvalue weighted by Gasteiger charge is -2.65. The highest BCUT2D eigenvalue weighted by atomic mass is 16.7. The van der Waals surface area contributed by atoms with Crippen LogP contribution >= 0.6 is 0 Å². The molecule has 6 rings (SSSR count). The number of hydrogen-bond donors (Lipinski definition) is 1. The summed E-state index contributed by atoms with van der Waals surface area (Å²) in [6.07, 6.45) is 2.35. The van der Waals surface area contributed by atoms with E-state index in [4.69, 9.17) is 18.9 Å². The van der Waals surface area contributed by atoms with Crippen molar-refractivity contribution in [2.75, 3.05) is 0 Å². The molecule has 9 heteroatoms. The highest BCUT2D eigenvalue weighted by molar-refractivity contribution is 5.94. The molecule has 0 aromatic carbocycles. The minimum Gasteiger partial charge on any atom is -0.456 e. The number of epoxide rings is 1. The van der Waals surface area contributed by atoms with Gasteiger partial charge >= 0.3 is 17.9 Å². The molecular weight excluding hydrogens is 456 g/mol. The molecule has 4 aliphatic heterocycles. The molecule has 2 unspecified atom stereocenters. The largest absolute Gasteiger partial charge is 0.456 e. The van der Waals surface area contributed by atoms with E-state index in [1.807, 2.05) is 33.8 Å². The Labute approximate surface area is 202 Å². The van der Waals surface area contributed by atoms with Crippen molar-refractivity contribution in [1.29, 1.82) is 0 Å². The predicted molar refractivity (Wildman–Crippen MR) is 117 cm³/mol. The Balaban J connectivity index is 1.51. The number of aliphatic hydroxyl groups excluding tert-OH is 1. The second-order valence-corrected chi connectivity index (χ2v) is 12.1. The lowest BCUT2D eigenvalue weighted by molar-refractivity contribution is -0.212. The van der Waals surface area contributed by atoms with Gasteiger partial charge < -0.3 is 24.1 Å². The Morgan fingerprint density at radius 2 is 1.66 bits per heavy atom. The van der Waals surface area contributed by atoms with Crippen molar-refractivity contribution in [2.45, 2.75) is 83.6 Å². The molecule has 2 saturated carbocycles. The summed E-state index contributed by atoms with van der Waals surface area (Å²) >= 11 is 0. The van der Waals surface area contributed by atoms with Gasteiger partial charge in [0.2, 0.25) is 6.29 Å². The number of hydrogen-bond acceptors (Lipinski definition) is 9. The predicted octanol–water partition coefficient (Wildman–Crippen LogP) is 1.76. The molecule has 2 saturated heterocycles. The first kappa shape index (κ1) is 22.9. The number of fused-ring (bicyclic) bond motifs is 3. The van der Waals surface area contributed by atoms with E-state index in [-0.39, 0.29) is 29.6 Å². The Hall–Kier alpha value is -2.52. The van der Waals surface area contributed by atoms with Gasteiger partial charge in [-0.3, -0.25) is 4.79 Å². The molecule has 4 heterocycles. The number of rotatable bonds is 1. The number of ketones is 1. The third-order valence-electron chi connectivity index (χ3n) is 10.3. The lowest BCUT2D eigenvalue weighted by atomic mass is 9.37. The maximum Gasteiger partial charge on any atom is 0.339 e. The van der Waals surface area contributed by atoms with E-state index in [9.17, 15) is 24.3 Å². The van der Waals surface area contributed by atoms with E-state index >= 15 is 0 Å². The van der Waals surface area contributed by atoms with Gasteiger partial charge in [0, 0.05) is 35.5 Å². The van der Waals surface area contributed by atoms with Crippen LogP contribution in [0, 0.1) is 28.1 Å². The van der Waals surface area contributed by atoms with Crippen LogP contribution in [0.2, 0.25) is 0 Å². The maximum atomic E-state index is 14.2. The molecule has 0 aromatic heterocycles. The van der Waals surface area contributed by atoms with Crippen molar-refractivity contribution in [3.05, 3.63) is 23.8 Å². The Bertz CT molecular complexity index is 1150. The van der Waals surface area contributed by atoms with Crippen LogP contribution in [0.4, 0.5) is 0 Å². The van der Waals surface area contributed by atoms with Gasteiger partial charge in [0.1, 0.15) is 23.1 Å². The number of cyclic esters (lactones) is 3. The first-order valence-corrected chi connectivity index (χ1v) is 12.2. The summed E-state index contributed by atoms with van der Waals surface area (Å²) in [7, 11) is 0. The normalized spacial score (nSPS) is 51.5. The number of allylic oxidation sites excluding steroid dienone is 1. The van der Waals surface area contributed by atoms with E-state index in [0.717, 1.165) is 6.08 Å². The molecule has 6 aliphatic rings. The molecule has 9 nitrogen and oxygen atoms in total. The molecule has 1 spiro atoms. The average molecular weight is 487 g/mol. The van der Waals surface area contributed by atoms with Crippen molar-refractivity contribution >= 4 is 23.7 Å². The zero-order chi connectivity index (χ0) is 25.3. The molecule has 2 aliphatic carbocycles. The second-order valence-electron chi connectivity index (χ2n) is 12.1. The Kier molecular flexibility index (Phi) is 4.20. The average Bonchev–Trinajstić information content (AvgIpc) is 3.47. The Morgan fingerprint density at radius 3 is 2.31 bits per heavy atom. The lowest BCUT2D eigenvalue weighted by Crippen LogP contribution is -2.72. The maximum absolute atomic E-state index is 14.2. The molecule has 0 radical (unpaired) electrons. The fourth-order valence-electron chi connectivity index (χ4n) is 8.69. The SMILES string of the molecule is CC1(C)OC(=O)C=C[C@@]2(C)C1CC(=O)[C@]1(C)[C@@H]2CC[C@@]2(C)[C@H](C3=CC(=O)OC3O)OC(=O)[C@H]3O[C@]321. The highest BCUT2D eigenvalue weighted by Crippen LogP contribution is 2.77. The third-order valence-corrected chi connectivity index (χ3v) is 10.3. The van der Waals surface area contributed by atoms with Crippen LogP contribution in [-0.2, 0) is 38.1 Å². The van der Waals surface area contributed by atoms with Crippen molar-refractivity contribution in [2.24, 2.45) is 28.1 Å². The van der Waals surface area contributed by atoms with Gasteiger partial charge in [-0.1, -0.05) is 19.9 Å². The van der Waals surface area contributed by atoms with E-state index in [2.05, 4.69) is 6.92 Å². The number of aliphatic hydroxyl groups is 1. The number of carbonyl (C=O) groups is 4. The van der Waals surface area contributed by atoms with Crippen LogP contribution in [-0.4, -0.2) is 58.5 Å². The molecule has 0 aromatic rings. The van der Waals surface area contributed by atoms with E-state index < -0.39 is 63.9 Å². The molecule has 4 fully saturated rings. The molecule has 35 heavy (non-hydrogen) atoms. The Morgan fingerprint density at radius 1 is 0.943 bits per heavy atom. The molecule has 9 atom stereocenters. The van der Waals surface area contributed by atoms with Gasteiger partial charge in [-0.2, -0.15) is 0 Å². The van der Waals surface area contributed by atoms with E-state index in [0.29, 0.717) is 12.8 Å². The second kappa shape index (κ2) is 6.42. The van der Waals surface area contributed by atoms with Crippen molar-refractivity contribution in [3.8, 4) is 0 Å². The molecule has 0 amide bonds. The fraction of sp³-hybridized carbons (Fsp3) is 0.692. The highest BCUT2D eigenvalue weighted by Gasteiger charge is 2.88. The molecule has 0 bridgehead atoms. The molecule has 188 valence electrons. The third kappa shape index (κ3) is 2.46. The quantitative estimate of drug-likeness (QED) is 0.335. The van der Waals surface area contributed by atoms with Gasteiger partial charge in [0.25, 0.3) is 0 Å². The van der Waals surface area contributed by atoms with Crippen LogP contribution < -0.4 is 0 Å². The van der Waals surface area contributed by atoms with Crippen LogP contribution in [0.1, 0.15) is 53.9 Å². The molecule has 1 N–H and O–H groups in total. The van der Waals surface area contributed by atoms with Crippen molar-refractivity contribution in [3.63, 3.8) is 0 Å². The summed E-state index contributed by atoms with van der Waals surface area (Å²) < 4.78 is 22.6. The summed E-state index contributed by atoms with van der Waals surface area (Å²) in [5, 5.41) is 10.4. The number of esters is 3. The number of carbonyl (C=O) groups excluding carboxylic acids is 4. The van der Waals surface area contributed by atoms with Crippen LogP contribution in [0.3, 0.4) is 0 Å². The van der Waals surface area contributed by atoms with Crippen molar-refractivity contribution in [1.82, 2.24) is 0 Å². The smallest absolute Gasteiger partial charge is 0.339 e. The summed E-state index contributed by atoms with van der Waals surface area (Å²) in [6, 6.07) is 0. The van der Waals surface area contributed by atoms with Crippen molar-refractivity contribution < 1.29 is 43.2 Å². The number of ether oxygens (including phenoxy) is 4. The standard InChI is InChI=1S/C26H30O9/c1-22(2)14-11-15(27)25(5)13(23(14,3)8-7-16(28)34-22)6-9-24(4)18(12-10-17(29)32-20(12)30)33-21(31)19-26(24,25)35-19/h7-8,10,13-14,18-20,30H,6,9,11H2,1-5H3/t13-,14?,18+,19-,20?,23-,24+,25+,26-/m1/s1. The first-order chi connectivity index (χ1) is 16.2. The van der Waals surface area contributed by atoms with E-state index in [1.54, 1.807) is 0 Å². The zero-order valence-electron chi connectivity index (χ0n) is 20.5. The van der Waals surface area contributed by atoms with Gasteiger partial charge in [-0.25, -0.2) is 14.4 Å². The van der Waals surface area contributed by atoms with Gasteiger partial charge in [0.15, 0.2) is 6.10 Å². The first-order valence-electron chi connectivity index (χ1n) is 12.2. The monoisotopic (exact) mass is 486 g/mol. The van der Waals surface area contributed by atoms with E-state index in [1.165, 1.54) is 6.08 Å². The zero-order valence-corrected chi connectivity index (χ0v) is 20.5. The minimum atomic E-state index is -1.52. The summed E-state index contributed by atoms with van der Waals surface area (Å²) in [6.45, 7) is 9.54. The topological polar surface area (TPSA) is 129 Å². The van der Waals surface area contributed by atoms with Crippen LogP contribution in [0.5, 0.6) is 0 Å². The van der Waals surface area contributed by atoms with Crippen LogP contribution in [0.25, 0.3) is 0 Å². The van der Waals surface area contributed by atoms with Gasteiger partial charge in [0.05, 0.1) is 5.41 Å². The summed E-state index contributed by atoms with van der Waals surface area (Å²) in [5.74, 6) is -2.29. The summed E-state index contributed by atoms with van der Waals surface area (Å²) in [5.41, 5.74) is -4.40. The summed E-state index contributed by atoms with van der Waals surface area (Å²) in [4.78, 5) is 51.5. The van der Waals surface area contributed by atoms with Gasteiger partial charge in [-0.15, -0.1) is 0 Å². The van der Waals surface area contributed by atoms with Gasteiger partial charge in [-0.05, 0) is 44.9 Å². The number of Topliss-reactive ketones (excluding diaryl/α,β-unsaturated/α-hetero) is 1. The molecular formula is C26H30O9.